The molecule has 0 aliphatic rings. The maximum absolute atomic E-state index is 13.3. The Morgan fingerprint density at radius 1 is 1.29 bits per heavy atom. The van der Waals surface area contributed by atoms with E-state index in [9.17, 15) is 17.6 Å². The molecule has 0 aliphatic heterocycles. The average Bonchev–Trinajstić information content (AvgIpc) is 2.19. The summed E-state index contributed by atoms with van der Waals surface area (Å²) in [6.45, 7) is 0. The second kappa shape index (κ2) is 6.05. The van der Waals surface area contributed by atoms with Crippen LogP contribution in [0.25, 0.3) is 6.08 Å². The summed E-state index contributed by atoms with van der Waals surface area (Å²) < 4.78 is 52.5. The third-order valence-electron chi connectivity index (χ3n) is 1.78. The molecule has 1 aromatic rings. The highest BCUT2D eigenvalue weighted by Crippen LogP contribution is 2.24. The Morgan fingerprint density at radius 2 is 2.00 bits per heavy atom. The first-order chi connectivity index (χ1) is 7.92. The summed E-state index contributed by atoms with van der Waals surface area (Å²) in [6.07, 6.45) is -0.870. The number of benzene rings is 1. The van der Waals surface area contributed by atoms with Crippen LogP contribution in [-0.4, -0.2) is 11.7 Å². The third-order valence-corrected chi connectivity index (χ3v) is 2.24. The number of hydrogen-bond acceptors (Lipinski definition) is 1. The van der Waals surface area contributed by atoms with Crippen molar-refractivity contribution in [1.29, 1.82) is 0 Å². The Balaban J connectivity index is 2.79. The largest absolute Gasteiger partial charge is 0.573 e. The Labute approximate surface area is 104 Å². The summed E-state index contributed by atoms with van der Waals surface area (Å²) in [5, 5.41) is 0.736. The molecule has 0 N–H and O–H groups in total. The first kappa shape index (κ1) is 14.0. The number of allylic oxidation sites excluding steroid dienone is 1. The fourth-order valence-corrected chi connectivity index (χ4v) is 1.38. The van der Waals surface area contributed by atoms with Gasteiger partial charge in [0.1, 0.15) is 11.6 Å². The second-order valence-corrected chi connectivity index (χ2v) is 3.90. The van der Waals surface area contributed by atoms with E-state index < -0.39 is 17.9 Å². The van der Waals surface area contributed by atoms with Crippen LogP contribution in [0.1, 0.15) is 12.0 Å². The molecule has 1 nitrogen and oxygen atoms in total. The minimum Gasteiger partial charge on any atom is -0.406 e. The third kappa shape index (κ3) is 5.21. The molecular weight excluding hydrogens is 304 g/mol. The molecule has 0 fully saturated rings. The Hall–Kier alpha value is -1.04. The molecule has 94 valence electrons. The van der Waals surface area contributed by atoms with Gasteiger partial charge >= 0.3 is 6.36 Å². The Bertz CT molecular complexity index is 401. The van der Waals surface area contributed by atoms with Gasteiger partial charge in [0.25, 0.3) is 0 Å². The molecule has 1 aromatic carbocycles. The van der Waals surface area contributed by atoms with Crippen LogP contribution in [0, 0.1) is 5.82 Å². The number of halogens is 5. The monoisotopic (exact) mass is 312 g/mol. The summed E-state index contributed by atoms with van der Waals surface area (Å²) in [5.74, 6) is -1.31. The van der Waals surface area contributed by atoms with Gasteiger partial charge in [-0.25, -0.2) is 4.39 Å². The van der Waals surface area contributed by atoms with Crippen LogP contribution in [0.5, 0.6) is 5.75 Å². The van der Waals surface area contributed by atoms with Crippen LogP contribution >= 0.6 is 15.9 Å². The van der Waals surface area contributed by atoms with Gasteiger partial charge in [0.05, 0.1) is 0 Å². The van der Waals surface area contributed by atoms with Gasteiger partial charge in [-0.05, 0) is 18.6 Å². The van der Waals surface area contributed by atoms with E-state index in [1.54, 1.807) is 6.08 Å². The predicted molar refractivity (Wildman–Crippen MR) is 60.5 cm³/mol. The van der Waals surface area contributed by atoms with Crippen molar-refractivity contribution >= 4 is 22.0 Å². The lowest BCUT2D eigenvalue weighted by atomic mass is 10.2. The smallest absolute Gasteiger partial charge is 0.406 e. The van der Waals surface area contributed by atoms with Crippen LogP contribution in [0.4, 0.5) is 17.6 Å². The molecule has 0 bridgehead atoms. The fourth-order valence-electron chi connectivity index (χ4n) is 1.11. The van der Waals surface area contributed by atoms with Gasteiger partial charge < -0.3 is 4.74 Å². The summed E-state index contributed by atoms with van der Waals surface area (Å²) >= 11 is 3.20. The van der Waals surface area contributed by atoms with Gasteiger partial charge in [-0.3, -0.25) is 0 Å². The van der Waals surface area contributed by atoms with E-state index in [-0.39, 0.29) is 5.56 Å². The SMILES string of the molecule is Fc1cc(OC(F)(F)F)ccc1C=CCCBr. The van der Waals surface area contributed by atoms with Crippen LogP contribution in [0.2, 0.25) is 0 Å². The summed E-state index contributed by atoms with van der Waals surface area (Å²) in [4.78, 5) is 0. The molecule has 0 saturated carbocycles. The Morgan fingerprint density at radius 3 is 2.53 bits per heavy atom. The molecule has 0 aliphatic carbocycles. The van der Waals surface area contributed by atoms with Gasteiger partial charge in [0, 0.05) is 17.0 Å². The summed E-state index contributed by atoms with van der Waals surface area (Å²) in [6, 6.07) is 3.02. The van der Waals surface area contributed by atoms with Gasteiger partial charge in [0.2, 0.25) is 0 Å². The van der Waals surface area contributed by atoms with E-state index in [2.05, 4.69) is 20.7 Å². The van der Waals surface area contributed by atoms with Crippen molar-refractivity contribution in [2.24, 2.45) is 0 Å². The highest BCUT2D eigenvalue weighted by atomic mass is 79.9. The van der Waals surface area contributed by atoms with Crippen molar-refractivity contribution in [1.82, 2.24) is 0 Å². The van der Waals surface area contributed by atoms with Crippen molar-refractivity contribution in [3.05, 3.63) is 35.7 Å². The first-order valence-corrected chi connectivity index (χ1v) is 5.82. The fraction of sp³-hybridized carbons (Fsp3) is 0.273. The average molecular weight is 313 g/mol. The number of rotatable bonds is 4. The van der Waals surface area contributed by atoms with Crippen LogP contribution in [-0.2, 0) is 0 Å². The highest BCUT2D eigenvalue weighted by Gasteiger charge is 2.31. The standard InChI is InChI=1S/C11H9BrF4O/c12-6-2-1-3-8-4-5-9(7-10(8)13)17-11(14,15)16/h1,3-5,7H,2,6H2. The lowest BCUT2D eigenvalue weighted by molar-refractivity contribution is -0.274. The Kier molecular flexibility index (Phi) is 4.99. The first-order valence-electron chi connectivity index (χ1n) is 4.70. The van der Waals surface area contributed by atoms with E-state index in [1.807, 2.05) is 0 Å². The van der Waals surface area contributed by atoms with Gasteiger partial charge in [-0.1, -0.05) is 28.1 Å². The zero-order chi connectivity index (χ0) is 12.9. The van der Waals surface area contributed by atoms with Gasteiger partial charge in [-0.2, -0.15) is 0 Å². The molecule has 0 radical (unpaired) electrons. The van der Waals surface area contributed by atoms with Crippen LogP contribution < -0.4 is 4.74 Å². The van der Waals surface area contributed by atoms with E-state index in [4.69, 9.17) is 0 Å². The molecule has 0 spiro atoms. The van der Waals surface area contributed by atoms with E-state index >= 15 is 0 Å². The van der Waals surface area contributed by atoms with E-state index in [0.717, 1.165) is 11.4 Å². The van der Waals surface area contributed by atoms with Crippen molar-refractivity contribution in [3.63, 3.8) is 0 Å². The molecule has 0 heterocycles. The van der Waals surface area contributed by atoms with E-state index in [1.165, 1.54) is 12.1 Å². The van der Waals surface area contributed by atoms with Gasteiger partial charge in [0.15, 0.2) is 0 Å². The van der Waals surface area contributed by atoms with Crippen LogP contribution in [0.3, 0.4) is 0 Å². The highest BCUT2D eigenvalue weighted by molar-refractivity contribution is 9.09. The maximum Gasteiger partial charge on any atom is 0.573 e. The lowest BCUT2D eigenvalue weighted by Gasteiger charge is -2.09. The molecule has 0 atom stereocenters. The number of ether oxygens (including phenoxy) is 1. The zero-order valence-electron chi connectivity index (χ0n) is 8.60. The lowest BCUT2D eigenvalue weighted by Crippen LogP contribution is -2.17. The van der Waals surface area contributed by atoms with Crippen LogP contribution in [0.15, 0.2) is 24.3 Å². The normalized spacial score (nSPS) is 12.1. The minimum absolute atomic E-state index is 0.223. The van der Waals surface area contributed by atoms with Crippen molar-refractivity contribution < 1.29 is 22.3 Å². The molecule has 0 amide bonds. The molecule has 0 aromatic heterocycles. The van der Waals surface area contributed by atoms with Gasteiger partial charge in [-0.15, -0.1) is 13.2 Å². The topological polar surface area (TPSA) is 9.23 Å². The van der Waals surface area contributed by atoms with Crippen molar-refractivity contribution in [2.45, 2.75) is 12.8 Å². The molecule has 0 unspecified atom stereocenters. The molecule has 0 saturated heterocycles. The molecule has 1 rings (SSSR count). The number of alkyl halides is 4. The molecule has 6 heteroatoms. The molecule has 17 heavy (non-hydrogen) atoms. The van der Waals surface area contributed by atoms with E-state index in [0.29, 0.717) is 12.5 Å². The minimum atomic E-state index is -4.81. The molecular formula is C11H9BrF4O. The summed E-state index contributed by atoms with van der Waals surface area (Å²) in [7, 11) is 0. The summed E-state index contributed by atoms with van der Waals surface area (Å²) in [5.41, 5.74) is 0.223. The zero-order valence-corrected chi connectivity index (χ0v) is 10.2. The van der Waals surface area contributed by atoms with Crippen molar-refractivity contribution in [3.8, 4) is 5.75 Å². The second-order valence-electron chi connectivity index (χ2n) is 3.11. The van der Waals surface area contributed by atoms with Crippen molar-refractivity contribution in [2.75, 3.05) is 5.33 Å². The maximum atomic E-state index is 13.3. The predicted octanol–water partition coefficient (Wildman–Crippen LogP) is 4.52. The number of hydrogen-bond donors (Lipinski definition) is 0. The quantitative estimate of drug-likeness (QED) is 0.586.